The molecule has 0 aliphatic carbocycles. The number of carbonyl (C=O) groups excluding carboxylic acids is 1. The molecule has 1 heterocycles. The van der Waals surface area contributed by atoms with Crippen LogP contribution in [0, 0.1) is 5.92 Å². The van der Waals surface area contributed by atoms with Crippen LogP contribution in [-0.4, -0.2) is 46.2 Å². The molecule has 2 N–H and O–H groups in total. The summed E-state index contributed by atoms with van der Waals surface area (Å²) in [4.78, 5) is 12.8. The molecular formula is C23H31N3O5S2. The highest BCUT2D eigenvalue weighted by Gasteiger charge is 2.28. The molecule has 0 spiro atoms. The van der Waals surface area contributed by atoms with Gasteiger partial charge in [0.15, 0.2) is 0 Å². The maximum Gasteiger partial charge on any atom is 0.255 e. The Balaban J connectivity index is 1.67. The average molecular weight is 494 g/mol. The molecule has 180 valence electrons. The molecule has 0 saturated carbocycles. The smallest absolute Gasteiger partial charge is 0.255 e. The van der Waals surface area contributed by atoms with Crippen LogP contribution >= 0.6 is 0 Å². The van der Waals surface area contributed by atoms with Crippen LogP contribution in [0.3, 0.4) is 0 Å². The number of nitrogens with one attached hydrogen (secondary N) is 2. The fourth-order valence-corrected chi connectivity index (χ4v) is 6.55. The van der Waals surface area contributed by atoms with Crippen molar-refractivity contribution in [1.29, 1.82) is 0 Å². The lowest BCUT2D eigenvalue weighted by atomic mass is 10.0. The average Bonchev–Trinajstić information content (AvgIpc) is 2.79. The van der Waals surface area contributed by atoms with E-state index in [1.807, 2.05) is 13.8 Å². The number of rotatable bonds is 8. The summed E-state index contributed by atoms with van der Waals surface area (Å²) in [6, 6.07) is 11.5. The van der Waals surface area contributed by atoms with Gasteiger partial charge in [-0.1, -0.05) is 13.8 Å². The van der Waals surface area contributed by atoms with Crippen molar-refractivity contribution < 1.29 is 21.6 Å². The van der Waals surface area contributed by atoms with E-state index in [-0.39, 0.29) is 21.4 Å². The van der Waals surface area contributed by atoms with Gasteiger partial charge < -0.3 is 5.32 Å². The van der Waals surface area contributed by atoms with Gasteiger partial charge in [0, 0.05) is 30.4 Å². The topological polar surface area (TPSA) is 113 Å². The van der Waals surface area contributed by atoms with Crippen molar-refractivity contribution in [3.63, 3.8) is 0 Å². The Kier molecular flexibility index (Phi) is 7.94. The number of nitrogens with zero attached hydrogens (tertiary/aromatic N) is 1. The summed E-state index contributed by atoms with van der Waals surface area (Å²) in [6.07, 6.45) is 2.54. The summed E-state index contributed by atoms with van der Waals surface area (Å²) in [5, 5.41) is 2.71. The van der Waals surface area contributed by atoms with Crippen LogP contribution in [0.4, 0.5) is 5.69 Å². The zero-order valence-corrected chi connectivity index (χ0v) is 20.7. The minimum Gasteiger partial charge on any atom is -0.322 e. The number of piperidine rings is 1. The minimum atomic E-state index is -3.65. The van der Waals surface area contributed by atoms with E-state index in [4.69, 9.17) is 0 Å². The second-order valence-electron chi connectivity index (χ2n) is 8.54. The molecule has 1 saturated heterocycles. The van der Waals surface area contributed by atoms with E-state index in [9.17, 15) is 21.6 Å². The van der Waals surface area contributed by atoms with E-state index in [1.54, 1.807) is 19.1 Å². The Morgan fingerprint density at radius 2 is 1.64 bits per heavy atom. The zero-order valence-electron chi connectivity index (χ0n) is 19.1. The molecule has 0 aromatic heterocycles. The predicted octanol–water partition coefficient (Wildman–Crippen LogP) is 3.44. The third kappa shape index (κ3) is 6.20. The highest BCUT2D eigenvalue weighted by molar-refractivity contribution is 7.89. The third-order valence-corrected chi connectivity index (χ3v) is 9.25. The summed E-state index contributed by atoms with van der Waals surface area (Å²) in [7, 11) is -7.21. The highest BCUT2D eigenvalue weighted by atomic mass is 32.2. The molecule has 8 nitrogen and oxygen atoms in total. The number of hydrogen-bond donors (Lipinski definition) is 2. The van der Waals surface area contributed by atoms with E-state index in [0.29, 0.717) is 31.1 Å². The van der Waals surface area contributed by atoms with E-state index in [0.717, 1.165) is 12.8 Å². The van der Waals surface area contributed by atoms with Crippen molar-refractivity contribution in [2.24, 2.45) is 5.92 Å². The highest BCUT2D eigenvalue weighted by Crippen LogP contribution is 2.24. The number of amides is 1. The Labute approximate surface area is 196 Å². The number of benzene rings is 2. The molecule has 33 heavy (non-hydrogen) atoms. The Morgan fingerprint density at radius 1 is 1.03 bits per heavy atom. The fourth-order valence-electron chi connectivity index (χ4n) is 3.63. The predicted molar refractivity (Wildman–Crippen MR) is 128 cm³/mol. The van der Waals surface area contributed by atoms with Crippen LogP contribution in [-0.2, 0) is 20.0 Å². The lowest BCUT2D eigenvalue weighted by Crippen LogP contribution is -2.39. The van der Waals surface area contributed by atoms with Gasteiger partial charge >= 0.3 is 0 Å². The molecule has 1 aliphatic heterocycles. The van der Waals surface area contributed by atoms with Gasteiger partial charge in [-0.2, -0.15) is 4.31 Å². The Morgan fingerprint density at radius 3 is 2.21 bits per heavy atom. The van der Waals surface area contributed by atoms with Crippen molar-refractivity contribution in [3.8, 4) is 0 Å². The number of sulfonamides is 2. The van der Waals surface area contributed by atoms with Gasteiger partial charge in [-0.25, -0.2) is 21.6 Å². The van der Waals surface area contributed by atoms with E-state index in [1.165, 1.54) is 40.7 Å². The van der Waals surface area contributed by atoms with E-state index >= 15 is 0 Å². The molecule has 2 atom stereocenters. The molecule has 1 amide bonds. The molecule has 0 radical (unpaired) electrons. The number of carbonyl (C=O) groups is 1. The van der Waals surface area contributed by atoms with Gasteiger partial charge in [0.1, 0.15) is 0 Å². The van der Waals surface area contributed by atoms with Crippen molar-refractivity contribution in [2.45, 2.75) is 55.9 Å². The first kappa shape index (κ1) is 25.4. The Bertz CT molecular complexity index is 1180. The van der Waals surface area contributed by atoms with Gasteiger partial charge in [-0.3, -0.25) is 4.79 Å². The van der Waals surface area contributed by atoms with Crippen LogP contribution < -0.4 is 10.0 Å². The van der Waals surface area contributed by atoms with Gasteiger partial charge in [-0.15, -0.1) is 0 Å². The van der Waals surface area contributed by atoms with Gasteiger partial charge in [-0.05, 0) is 80.6 Å². The molecule has 2 aromatic carbocycles. The summed E-state index contributed by atoms with van der Waals surface area (Å²) >= 11 is 0. The van der Waals surface area contributed by atoms with Crippen molar-refractivity contribution in [1.82, 2.24) is 9.03 Å². The van der Waals surface area contributed by atoms with E-state index in [2.05, 4.69) is 10.0 Å². The first-order valence-electron chi connectivity index (χ1n) is 11.1. The lowest BCUT2D eigenvalue weighted by Gasteiger charge is -2.30. The van der Waals surface area contributed by atoms with Crippen LogP contribution in [0.15, 0.2) is 58.3 Å². The zero-order chi connectivity index (χ0) is 24.2. The minimum absolute atomic E-state index is 0.0842. The van der Waals surface area contributed by atoms with Crippen molar-refractivity contribution >= 4 is 31.6 Å². The largest absolute Gasteiger partial charge is 0.322 e. The summed E-state index contributed by atoms with van der Waals surface area (Å²) < 4.78 is 54.5. The Hall–Kier alpha value is -2.27. The molecular weight excluding hydrogens is 462 g/mol. The quantitative estimate of drug-likeness (QED) is 0.585. The fraction of sp³-hybridized carbons (Fsp3) is 0.435. The summed E-state index contributed by atoms with van der Waals surface area (Å²) in [5.74, 6) is -0.0893. The van der Waals surface area contributed by atoms with E-state index < -0.39 is 26.0 Å². The second-order valence-corrected chi connectivity index (χ2v) is 12.2. The van der Waals surface area contributed by atoms with Gasteiger partial charge in [0.25, 0.3) is 5.91 Å². The molecule has 2 aromatic rings. The first-order valence-corrected chi connectivity index (χ1v) is 14.0. The van der Waals surface area contributed by atoms with Crippen LogP contribution in [0.2, 0.25) is 0 Å². The second kappa shape index (κ2) is 10.3. The van der Waals surface area contributed by atoms with Crippen molar-refractivity contribution in [2.75, 3.05) is 18.4 Å². The molecule has 10 heteroatoms. The lowest BCUT2D eigenvalue weighted by molar-refractivity contribution is 0.102. The monoisotopic (exact) mass is 493 g/mol. The maximum atomic E-state index is 12.9. The molecule has 3 rings (SSSR count). The summed E-state index contributed by atoms with van der Waals surface area (Å²) in [5.41, 5.74) is 0.734. The van der Waals surface area contributed by atoms with Crippen LogP contribution in [0.1, 0.15) is 50.4 Å². The molecule has 1 aliphatic rings. The third-order valence-electron chi connectivity index (χ3n) is 5.77. The molecule has 1 fully saturated rings. The molecule has 2 unspecified atom stereocenters. The van der Waals surface area contributed by atoms with Crippen LogP contribution in [0.5, 0.6) is 0 Å². The molecule has 0 bridgehead atoms. The van der Waals surface area contributed by atoms with Crippen LogP contribution in [0.25, 0.3) is 0 Å². The summed E-state index contributed by atoms with van der Waals surface area (Å²) in [6.45, 7) is 6.74. The number of anilines is 1. The van der Waals surface area contributed by atoms with Gasteiger partial charge in [0.2, 0.25) is 20.0 Å². The first-order chi connectivity index (χ1) is 15.5. The standard InChI is InChI=1S/C23H31N3O5S2/c1-4-18(3)25-32(28,29)21-11-7-19(8-12-21)23(27)24-20-9-13-22(14-10-20)33(30,31)26-15-5-6-17(2)16-26/h7-14,17-18,25H,4-6,15-16H2,1-3H3,(H,24,27). The number of hydrogen-bond acceptors (Lipinski definition) is 5. The van der Waals surface area contributed by atoms with Gasteiger partial charge in [0.05, 0.1) is 9.79 Å². The SMILES string of the molecule is CCC(C)NS(=O)(=O)c1ccc(C(=O)Nc2ccc(S(=O)(=O)N3CCCC(C)C3)cc2)cc1. The normalized spacial score (nSPS) is 18.6. The van der Waals surface area contributed by atoms with Crippen molar-refractivity contribution in [3.05, 3.63) is 54.1 Å². The maximum absolute atomic E-state index is 12.9.